The molecule has 3 aliphatic carbocycles. The van der Waals surface area contributed by atoms with Gasteiger partial charge in [-0.25, -0.2) is 0 Å². The first kappa shape index (κ1) is 19.4. The molecule has 0 bridgehead atoms. The quantitative estimate of drug-likeness (QED) is 0.525. The van der Waals surface area contributed by atoms with Crippen molar-refractivity contribution >= 4 is 5.97 Å². The van der Waals surface area contributed by atoms with E-state index in [9.17, 15) is 4.79 Å². The number of esters is 1. The van der Waals surface area contributed by atoms with E-state index in [4.69, 9.17) is 28.4 Å². The van der Waals surface area contributed by atoms with Gasteiger partial charge in [-0.2, -0.15) is 0 Å². The van der Waals surface area contributed by atoms with Crippen molar-refractivity contribution in [2.24, 2.45) is 23.7 Å². The number of methoxy groups -OCH3 is 3. The first-order chi connectivity index (χ1) is 14.1. The van der Waals surface area contributed by atoms with Crippen LogP contribution in [0, 0.1) is 23.7 Å². The van der Waals surface area contributed by atoms with Crippen LogP contribution < -0.4 is 0 Å². The number of allylic oxidation sites excluding steroid dienone is 2. The summed E-state index contributed by atoms with van der Waals surface area (Å²) in [6.07, 6.45) is 3.92. The van der Waals surface area contributed by atoms with E-state index in [-0.39, 0.29) is 48.0 Å². The molecular weight excluding hydrogens is 376 g/mol. The lowest BCUT2D eigenvalue weighted by atomic mass is 9.60. The van der Waals surface area contributed by atoms with Crippen LogP contribution in [0.25, 0.3) is 0 Å². The van der Waals surface area contributed by atoms with Crippen LogP contribution in [0.3, 0.4) is 0 Å². The maximum absolute atomic E-state index is 12.8. The highest BCUT2D eigenvalue weighted by molar-refractivity contribution is 5.76. The van der Waals surface area contributed by atoms with E-state index in [1.54, 1.807) is 21.3 Å². The molecule has 5 aliphatic rings. The molecule has 0 aromatic carbocycles. The van der Waals surface area contributed by atoms with Crippen molar-refractivity contribution < 1.29 is 33.2 Å². The molecule has 5 rings (SSSR count). The molecule has 2 heterocycles. The smallest absolute Gasteiger partial charge is 0.309 e. The Morgan fingerprint density at radius 2 is 1.52 bits per heavy atom. The van der Waals surface area contributed by atoms with E-state index in [1.165, 1.54) is 11.1 Å². The Bertz CT molecular complexity index is 727. The van der Waals surface area contributed by atoms with Crippen molar-refractivity contribution in [2.75, 3.05) is 34.7 Å². The Morgan fingerprint density at radius 3 is 2.17 bits per heavy atom. The second kappa shape index (κ2) is 7.60. The van der Waals surface area contributed by atoms with E-state index in [1.807, 2.05) is 0 Å². The Labute approximate surface area is 171 Å². The standard InChI is InChI=1S/C22H30O7/c1-24-17-6-12(7-18(25-2)21(17)26-3)19-14-8-16-15(28-10-29-16)5-11(14)4-13-9-27-22(23)20(13)19/h12-13,17-21H,4-10H2,1-3H3. The van der Waals surface area contributed by atoms with E-state index >= 15 is 0 Å². The zero-order chi connectivity index (χ0) is 20.1. The molecule has 0 amide bonds. The molecule has 5 unspecified atom stereocenters. The van der Waals surface area contributed by atoms with Gasteiger partial charge in [-0.05, 0) is 31.1 Å². The van der Waals surface area contributed by atoms with Gasteiger partial charge in [0.2, 0.25) is 6.79 Å². The fourth-order valence-corrected chi connectivity index (χ4v) is 6.37. The summed E-state index contributed by atoms with van der Waals surface area (Å²) >= 11 is 0. The molecule has 1 saturated heterocycles. The van der Waals surface area contributed by atoms with Crippen LogP contribution in [0.2, 0.25) is 0 Å². The van der Waals surface area contributed by atoms with Gasteiger partial charge < -0.3 is 28.4 Å². The molecule has 7 heteroatoms. The van der Waals surface area contributed by atoms with Gasteiger partial charge in [0.15, 0.2) is 0 Å². The summed E-state index contributed by atoms with van der Waals surface area (Å²) in [5.74, 6) is 2.42. The third-order valence-corrected chi connectivity index (χ3v) is 7.66. The minimum Gasteiger partial charge on any atom is -0.465 e. The van der Waals surface area contributed by atoms with Crippen molar-refractivity contribution in [1.82, 2.24) is 0 Å². The van der Waals surface area contributed by atoms with Crippen LogP contribution in [-0.2, 0) is 33.2 Å². The monoisotopic (exact) mass is 406 g/mol. The Balaban J connectivity index is 1.50. The van der Waals surface area contributed by atoms with Crippen molar-refractivity contribution in [3.05, 3.63) is 22.7 Å². The average molecular weight is 406 g/mol. The minimum absolute atomic E-state index is 0.0493. The summed E-state index contributed by atoms with van der Waals surface area (Å²) in [5.41, 5.74) is 2.77. The predicted octanol–water partition coefficient (Wildman–Crippen LogP) is 2.56. The molecule has 0 radical (unpaired) electrons. The maximum atomic E-state index is 12.8. The van der Waals surface area contributed by atoms with Gasteiger partial charge in [-0.3, -0.25) is 4.79 Å². The van der Waals surface area contributed by atoms with Crippen molar-refractivity contribution in [3.8, 4) is 0 Å². The number of fused-ring (bicyclic) bond motifs is 1. The number of cyclic esters (lactones) is 1. The number of hydrogen-bond acceptors (Lipinski definition) is 7. The van der Waals surface area contributed by atoms with Gasteiger partial charge in [-0.15, -0.1) is 0 Å². The highest BCUT2D eigenvalue weighted by atomic mass is 16.7. The number of ether oxygens (including phenoxy) is 6. The van der Waals surface area contributed by atoms with Crippen molar-refractivity contribution in [2.45, 2.75) is 50.4 Å². The zero-order valence-corrected chi connectivity index (χ0v) is 17.3. The topological polar surface area (TPSA) is 72.5 Å². The lowest BCUT2D eigenvalue weighted by Gasteiger charge is -2.47. The SMILES string of the molecule is COC1CC(C2C3=C(CC4=C(C3)OCO4)CC3COC(=O)C32)CC(OC)C1OC. The largest absolute Gasteiger partial charge is 0.465 e. The van der Waals surface area contributed by atoms with Crippen LogP contribution in [0.15, 0.2) is 22.7 Å². The number of hydrogen-bond donors (Lipinski definition) is 0. The number of carbonyl (C=O) groups is 1. The van der Waals surface area contributed by atoms with Gasteiger partial charge in [0, 0.05) is 40.1 Å². The summed E-state index contributed by atoms with van der Waals surface area (Å²) in [6.45, 7) is 0.829. The highest BCUT2D eigenvalue weighted by Gasteiger charge is 2.53. The summed E-state index contributed by atoms with van der Waals surface area (Å²) in [6, 6.07) is 0. The van der Waals surface area contributed by atoms with Crippen molar-refractivity contribution in [1.29, 1.82) is 0 Å². The van der Waals surface area contributed by atoms with Gasteiger partial charge in [0.05, 0.1) is 24.7 Å². The molecule has 2 aliphatic heterocycles. The molecule has 0 N–H and O–H groups in total. The first-order valence-electron chi connectivity index (χ1n) is 10.6. The van der Waals surface area contributed by atoms with Crippen LogP contribution in [0.4, 0.5) is 0 Å². The molecule has 0 aromatic rings. The lowest BCUT2D eigenvalue weighted by molar-refractivity contribution is -0.153. The van der Waals surface area contributed by atoms with E-state index in [0.717, 1.165) is 43.6 Å². The van der Waals surface area contributed by atoms with E-state index < -0.39 is 0 Å². The van der Waals surface area contributed by atoms with Crippen molar-refractivity contribution in [3.63, 3.8) is 0 Å². The fourth-order valence-electron chi connectivity index (χ4n) is 6.37. The van der Waals surface area contributed by atoms with Crippen LogP contribution in [-0.4, -0.2) is 59.0 Å². The van der Waals surface area contributed by atoms with Crippen LogP contribution in [0.5, 0.6) is 0 Å². The molecule has 1 saturated carbocycles. The first-order valence-corrected chi connectivity index (χ1v) is 10.6. The summed E-state index contributed by atoms with van der Waals surface area (Å²) in [7, 11) is 5.16. The van der Waals surface area contributed by atoms with Gasteiger partial charge in [0.25, 0.3) is 0 Å². The second-order valence-electron chi connectivity index (χ2n) is 8.86. The van der Waals surface area contributed by atoms with Crippen LogP contribution in [0.1, 0.15) is 32.1 Å². The molecular formula is C22H30O7. The van der Waals surface area contributed by atoms with Gasteiger partial charge in [0.1, 0.15) is 17.6 Å². The molecule has 160 valence electrons. The second-order valence-corrected chi connectivity index (χ2v) is 8.86. The third-order valence-electron chi connectivity index (χ3n) is 7.66. The molecule has 29 heavy (non-hydrogen) atoms. The fraction of sp³-hybridized carbons (Fsp3) is 0.773. The Morgan fingerprint density at radius 1 is 0.828 bits per heavy atom. The predicted molar refractivity (Wildman–Crippen MR) is 101 cm³/mol. The maximum Gasteiger partial charge on any atom is 0.309 e. The Kier molecular flexibility index (Phi) is 5.08. The van der Waals surface area contributed by atoms with E-state index in [2.05, 4.69) is 0 Å². The molecule has 7 nitrogen and oxygen atoms in total. The van der Waals surface area contributed by atoms with Gasteiger partial charge >= 0.3 is 5.97 Å². The lowest BCUT2D eigenvalue weighted by Crippen LogP contribution is -2.51. The molecule has 0 aromatic heterocycles. The normalized spacial score (nSPS) is 41.3. The average Bonchev–Trinajstić information content (AvgIpc) is 3.35. The minimum atomic E-state index is -0.100. The molecule has 2 fully saturated rings. The summed E-state index contributed by atoms with van der Waals surface area (Å²) in [5, 5.41) is 0. The Hall–Kier alpha value is -1.57. The zero-order valence-electron chi connectivity index (χ0n) is 17.3. The van der Waals surface area contributed by atoms with E-state index in [0.29, 0.717) is 13.4 Å². The van der Waals surface area contributed by atoms with Gasteiger partial charge in [-0.1, -0.05) is 11.1 Å². The molecule has 0 spiro atoms. The summed E-state index contributed by atoms with van der Waals surface area (Å²) in [4.78, 5) is 12.8. The summed E-state index contributed by atoms with van der Waals surface area (Å²) < 4.78 is 34.3. The highest BCUT2D eigenvalue weighted by Crippen LogP contribution is 2.54. The number of rotatable bonds is 4. The van der Waals surface area contributed by atoms with Crippen LogP contribution >= 0.6 is 0 Å². The third kappa shape index (κ3) is 3.09. The molecule has 5 atom stereocenters. The number of carbonyl (C=O) groups excluding carboxylic acids is 1.